The number of hydrogen-bond acceptors (Lipinski definition) is 9. The number of rotatable bonds is 8. The number of likely N-dealkylation sites (N-methyl/N-ethyl adjacent to an activating group) is 2. The number of nitrogens with zero attached hydrogens (tertiary/aromatic N) is 4. The molecule has 0 atom stereocenters. The standard InChI is InChI=1S/C23H26N4OS2.C6H14N2/c1-7-15(19(8-2)30-23(3,4)5)24-21-20-17(13-14-29-20)26-22(27-21)25-16-11-9-10-12-18(16)28-6;1-7-3-5-8(2)6-4-7/h7-14H,1-2H2,3-6H3,(H2,24,25,26,27);3-6H2,1-2H3/b19-15-;. The highest BCUT2D eigenvalue weighted by Gasteiger charge is 2.17. The quantitative estimate of drug-likeness (QED) is 0.295. The van der Waals surface area contributed by atoms with E-state index in [0.29, 0.717) is 5.95 Å². The van der Waals surface area contributed by atoms with Gasteiger partial charge in [-0.05, 0) is 43.8 Å². The number of fused-ring (bicyclic) bond motifs is 1. The van der Waals surface area contributed by atoms with E-state index < -0.39 is 0 Å². The highest BCUT2D eigenvalue weighted by atomic mass is 32.2. The molecule has 9 heteroatoms. The summed E-state index contributed by atoms with van der Waals surface area (Å²) in [7, 11) is 5.99. The molecule has 2 N–H and O–H groups in total. The van der Waals surface area contributed by atoms with Gasteiger partial charge in [-0.15, -0.1) is 23.1 Å². The average molecular weight is 553 g/mol. The smallest absolute Gasteiger partial charge is 0.229 e. The van der Waals surface area contributed by atoms with Crippen molar-refractivity contribution in [2.75, 3.05) is 58.0 Å². The van der Waals surface area contributed by atoms with Crippen molar-refractivity contribution in [1.82, 2.24) is 19.8 Å². The van der Waals surface area contributed by atoms with E-state index >= 15 is 0 Å². The Morgan fingerprint density at radius 2 is 1.68 bits per heavy atom. The van der Waals surface area contributed by atoms with Gasteiger partial charge in [0.2, 0.25) is 5.95 Å². The van der Waals surface area contributed by atoms with Crippen LogP contribution in [0.1, 0.15) is 20.8 Å². The number of nitrogens with one attached hydrogen (secondary N) is 2. The van der Waals surface area contributed by atoms with Crippen LogP contribution in [0.3, 0.4) is 0 Å². The summed E-state index contributed by atoms with van der Waals surface area (Å²) in [5.74, 6) is 1.93. The lowest BCUT2D eigenvalue weighted by Crippen LogP contribution is -2.42. The van der Waals surface area contributed by atoms with E-state index in [2.05, 4.69) is 73.4 Å². The number of ether oxygens (including phenoxy) is 1. The number of aromatic nitrogens is 2. The largest absolute Gasteiger partial charge is 0.495 e. The average Bonchev–Trinajstić information content (AvgIpc) is 3.37. The van der Waals surface area contributed by atoms with Gasteiger partial charge in [-0.25, -0.2) is 4.98 Å². The molecule has 1 saturated heterocycles. The third-order valence-electron chi connectivity index (χ3n) is 5.71. The lowest BCUT2D eigenvalue weighted by Gasteiger charge is -2.28. The second kappa shape index (κ2) is 13.8. The summed E-state index contributed by atoms with van der Waals surface area (Å²) < 4.78 is 6.45. The molecular weight excluding hydrogens is 512 g/mol. The van der Waals surface area contributed by atoms with Crippen molar-refractivity contribution in [1.29, 1.82) is 0 Å². The maximum Gasteiger partial charge on any atom is 0.229 e. The Morgan fingerprint density at radius 3 is 2.26 bits per heavy atom. The summed E-state index contributed by atoms with van der Waals surface area (Å²) in [5, 5.41) is 8.72. The van der Waals surface area contributed by atoms with E-state index in [4.69, 9.17) is 9.72 Å². The maximum absolute atomic E-state index is 5.43. The van der Waals surface area contributed by atoms with E-state index in [1.165, 1.54) is 26.2 Å². The maximum atomic E-state index is 5.43. The number of hydrogen-bond donors (Lipinski definition) is 2. The molecule has 1 aliphatic heterocycles. The van der Waals surface area contributed by atoms with Crippen LogP contribution >= 0.6 is 23.1 Å². The van der Waals surface area contributed by atoms with E-state index in [0.717, 1.165) is 38.1 Å². The minimum absolute atomic E-state index is 0.0416. The highest BCUT2D eigenvalue weighted by Crippen LogP contribution is 2.36. The molecule has 7 nitrogen and oxygen atoms in total. The van der Waals surface area contributed by atoms with Crippen LogP contribution in [0.25, 0.3) is 10.2 Å². The first-order valence-electron chi connectivity index (χ1n) is 12.6. The third kappa shape index (κ3) is 8.59. The molecule has 0 spiro atoms. The molecule has 1 fully saturated rings. The SMILES string of the molecule is C=C/C(Nc1nc(Nc2ccccc2OC)nc2ccsc12)=C(\C=C)SC(C)(C)C.CN1CCN(C)CC1. The summed E-state index contributed by atoms with van der Waals surface area (Å²) in [4.78, 5) is 15.1. The molecular formula is C29H40N6OS2. The molecule has 0 saturated carbocycles. The molecule has 3 heterocycles. The number of benzene rings is 1. The fraction of sp³-hybridized carbons (Fsp3) is 0.379. The molecule has 0 unspecified atom stereocenters. The number of piperazine rings is 1. The van der Waals surface area contributed by atoms with E-state index in [1.54, 1.807) is 36.3 Å². The van der Waals surface area contributed by atoms with E-state index in [9.17, 15) is 0 Å². The van der Waals surface area contributed by atoms with Crippen LogP contribution in [0.2, 0.25) is 0 Å². The molecule has 0 radical (unpaired) electrons. The first-order valence-corrected chi connectivity index (χ1v) is 14.3. The summed E-state index contributed by atoms with van der Waals surface area (Å²) in [6.45, 7) is 19.4. The zero-order valence-electron chi connectivity index (χ0n) is 23.4. The summed E-state index contributed by atoms with van der Waals surface area (Å²) in [6, 6.07) is 9.66. The van der Waals surface area contributed by atoms with Crippen LogP contribution in [0.4, 0.5) is 17.5 Å². The Morgan fingerprint density at radius 1 is 1.03 bits per heavy atom. The minimum atomic E-state index is 0.0416. The van der Waals surface area contributed by atoms with Gasteiger partial charge >= 0.3 is 0 Å². The molecule has 1 aliphatic rings. The van der Waals surface area contributed by atoms with Crippen molar-refractivity contribution in [3.05, 3.63) is 71.6 Å². The highest BCUT2D eigenvalue weighted by molar-refractivity contribution is 8.04. The van der Waals surface area contributed by atoms with Gasteiger partial charge < -0.3 is 25.2 Å². The van der Waals surface area contributed by atoms with Crippen LogP contribution in [-0.4, -0.2) is 71.9 Å². The zero-order valence-corrected chi connectivity index (χ0v) is 25.0. The van der Waals surface area contributed by atoms with Crippen LogP contribution < -0.4 is 15.4 Å². The van der Waals surface area contributed by atoms with Crippen LogP contribution in [0, 0.1) is 0 Å². The Kier molecular flexibility index (Phi) is 10.8. The monoisotopic (exact) mass is 552 g/mol. The summed E-state index contributed by atoms with van der Waals surface area (Å²) >= 11 is 3.32. The number of anilines is 3. The van der Waals surface area contributed by atoms with Crippen molar-refractivity contribution in [3.63, 3.8) is 0 Å². The van der Waals surface area contributed by atoms with Gasteiger partial charge in [0.25, 0.3) is 0 Å². The molecule has 0 aliphatic carbocycles. The summed E-state index contributed by atoms with van der Waals surface area (Å²) in [6.07, 6.45) is 3.64. The third-order valence-corrected chi connectivity index (χ3v) is 7.84. The van der Waals surface area contributed by atoms with Crippen molar-refractivity contribution >= 4 is 50.8 Å². The number of thioether (sulfide) groups is 1. The Hall–Kier alpha value is -2.85. The first-order chi connectivity index (χ1) is 18.1. The summed E-state index contributed by atoms with van der Waals surface area (Å²) in [5.41, 5.74) is 2.53. The van der Waals surface area contributed by atoms with Crippen molar-refractivity contribution in [2.45, 2.75) is 25.5 Å². The van der Waals surface area contributed by atoms with E-state index in [1.807, 2.05) is 41.8 Å². The molecule has 38 heavy (non-hydrogen) atoms. The Labute approximate surface area is 235 Å². The van der Waals surface area contributed by atoms with Crippen molar-refractivity contribution in [3.8, 4) is 5.75 Å². The van der Waals surface area contributed by atoms with Crippen LogP contribution in [0.15, 0.2) is 71.6 Å². The lowest BCUT2D eigenvalue weighted by molar-refractivity contribution is 0.181. The Balaban J connectivity index is 0.000000427. The minimum Gasteiger partial charge on any atom is -0.495 e. The van der Waals surface area contributed by atoms with Gasteiger partial charge in [0.15, 0.2) is 5.82 Å². The molecule has 204 valence electrons. The fourth-order valence-corrected chi connectivity index (χ4v) is 5.42. The molecule has 1 aromatic carbocycles. The van der Waals surface area contributed by atoms with Gasteiger partial charge in [-0.3, -0.25) is 0 Å². The number of thiophene rings is 1. The van der Waals surface area contributed by atoms with E-state index in [-0.39, 0.29) is 4.75 Å². The van der Waals surface area contributed by atoms with Crippen molar-refractivity contribution in [2.24, 2.45) is 0 Å². The molecule has 4 rings (SSSR count). The zero-order chi connectivity index (χ0) is 27.7. The molecule has 0 bridgehead atoms. The predicted octanol–water partition coefficient (Wildman–Crippen LogP) is 6.83. The predicted molar refractivity (Wildman–Crippen MR) is 167 cm³/mol. The fourth-order valence-electron chi connectivity index (χ4n) is 3.66. The van der Waals surface area contributed by atoms with Crippen LogP contribution in [-0.2, 0) is 0 Å². The first kappa shape index (κ1) is 29.7. The molecule has 3 aromatic rings. The van der Waals surface area contributed by atoms with Gasteiger partial charge in [0.1, 0.15) is 5.75 Å². The van der Waals surface area contributed by atoms with Gasteiger partial charge in [-0.1, -0.05) is 52.1 Å². The van der Waals surface area contributed by atoms with Crippen LogP contribution in [0.5, 0.6) is 5.75 Å². The number of allylic oxidation sites excluding steroid dienone is 2. The Bertz CT molecular complexity index is 1250. The van der Waals surface area contributed by atoms with Gasteiger partial charge in [-0.2, -0.15) is 4.98 Å². The number of para-hydroxylation sites is 2. The second-order valence-corrected chi connectivity index (χ2v) is 12.8. The lowest BCUT2D eigenvalue weighted by atomic mass is 10.3. The van der Waals surface area contributed by atoms with Gasteiger partial charge in [0.05, 0.1) is 28.7 Å². The van der Waals surface area contributed by atoms with Gasteiger partial charge in [0, 0.05) is 35.8 Å². The number of methoxy groups -OCH3 is 1. The molecule has 0 amide bonds. The van der Waals surface area contributed by atoms with Crippen molar-refractivity contribution < 1.29 is 4.74 Å². The molecule has 2 aromatic heterocycles. The topological polar surface area (TPSA) is 65.6 Å². The second-order valence-electron chi connectivity index (χ2n) is 9.99. The normalized spacial score (nSPS) is 15.2.